The van der Waals surface area contributed by atoms with E-state index in [9.17, 15) is 22.8 Å². The third kappa shape index (κ3) is 3.73. The standard InChI is InChI=1S/C26H20F3NO2/c1-15-13-21(22(14-16(15)2)26(27,28)29)20-5-4-12-30-23(20)10-11-24(30)25(32)19-8-6-18(7-9-19)17(3)31/h4-14H,1-3H3. The summed E-state index contributed by atoms with van der Waals surface area (Å²) in [6.45, 7) is 4.87. The van der Waals surface area contributed by atoms with Crippen molar-refractivity contribution >= 4 is 17.1 Å². The summed E-state index contributed by atoms with van der Waals surface area (Å²) in [7, 11) is 0. The highest BCUT2D eigenvalue weighted by Gasteiger charge is 2.34. The highest BCUT2D eigenvalue weighted by Crippen LogP contribution is 2.40. The van der Waals surface area contributed by atoms with E-state index in [0.29, 0.717) is 33.5 Å². The molecule has 0 amide bonds. The van der Waals surface area contributed by atoms with Crippen molar-refractivity contribution in [3.63, 3.8) is 0 Å². The van der Waals surface area contributed by atoms with Crippen LogP contribution >= 0.6 is 0 Å². The summed E-state index contributed by atoms with van der Waals surface area (Å²) in [5, 5.41) is 0. The molecule has 0 aliphatic rings. The van der Waals surface area contributed by atoms with Crippen molar-refractivity contribution in [1.82, 2.24) is 4.40 Å². The molecule has 0 spiro atoms. The third-order valence-electron chi connectivity index (χ3n) is 5.71. The zero-order valence-corrected chi connectivity index (χ0v) is 17.7. The van der Waals surface area contributed by atoms with Gasteiger partial charge in [0.15, 0.2) is 5.78 Å². The lowest BCUT2D eigenvalue weighted by Gasteiger charge is -2.17. The van der Waals surface area contributed by atoms with E-state index in [1.165, 1.54) is 13.0 Å². The Kier molecular flexibility index (Phi) is 5.25. The molecule has 0 fully saturated rings. The molecule has 0 aliphatic carbocycles. The highest BCUT2D eigenvalue weighted by atomic mass is 19.4. The van der Waals surface area contributed by atoms with E-state index in [4.69, 9.17) is 0 Å². The molecule has 0 unspecified atom stereocenters. The minimum Gasteiger partial charge on any atom is -0.313 e. The Hall–Kier alpha value is -3.67. The molecule has 0 radical (unpaired) electrons. The smallest absolute Gasteiger partial charge is 0.313 e. The number of hydrogen-bond acceptors (Lipinski definition) is 2. The molecular weight excluding hydrogens is 415 g/mol. The molecule has 0 saturated heterocycles. The Labute approximate surface area is 183 Å². The maximum absolute atomic E-state index is 13.8. The van der Waals surface area contributed by atoms with Crippen LogP contribution in [-0.4, -0.2) is 16.0 Å². The summed E-state index contributed by atoms with van der Waals surface area (Å²) in [6.07, 6.45) is -2.85. The summed E-state index contributed by atoms with van der Waals surface area (Å²) < 4.78 is 43.0. The number of rotatable bonds is 4. The number of carbonyl (C=O) groups is 2. The summed E-state index contributed by atoms with van der Waals surface area (Å²) in [5.41, 5.74) is 2.81. The Morgan fingerprint density at radius 3 is 2.06 bits per heavy atom. The van der Waals surface area contributed by atoms with Crippen LogP contribution in [0.5, 0.6) is 0 Å². The van der Waals surface area contributed by atoms with Gasteiger partial charge in [-0.15, -0.1) is 0 Å². The van der Waals surface area contributed by atoms with Crippen molar-refractivity contribution < 1.29 is 22.8 Å². The molecule has 0 bridgehead atoms. The van der Waals surface area contributed by atoms with Gasteiger partial charge in [-0.25, -0.2) is 0 Å². The SMILES string of the molecule is CC(=O)c1ccc(C(=O)c2ccc3c(-c4cc(C)c(C)cc4C(F)(F)F)cccn23)cc1. The number of hydrogen-bond donors (Lipinski definition) is 0. The van der Waals surface area contributed by atoms with Gasteiger partial charge in [0.05, 0.1) is 16.8 Å². The van der Waals surface area contributed by atoms with Gasteiger partial charge in [0.1, 0.15) is 0 Å². The van der Waals surface area contributed by atoms with Crippen LogP contribution in [0.4, 0.5) is 13.2 Å². The van der Waals surface area contributed by atoms with Crippen LogP contribution in [0.25, 0.3) is 16.6 Å². The van der Waals surface area contributed by atoms with Crippen molar-refractivity contribution in [1.29, 1.82) is 0 Å². The van der Waals surface area contributed by atoms with Gasteiger partial charge >= 0.3 is 6.18 Å². The van der Waals surface area contributed by atoms with Crippen molar-refractivity contribution in [2.45, 2.75) is 26.9 Å². The third-order valence-corrected chi connectivity index (χ3v) is 5.71. The average molecular weight is 435 g/mol. The van der Waals surface area contributed by atoms with Crippen molar-refractivity contribution in [3.05, 3.63) is 100 Å². The van der Waals surface area contributed by atoms with Gasteiger partial charge < -0.3 is 4.40 Å². The largest absolute Gasteiger partial charge is 0.417 e. The summed E-state index contributed by atoms with van der Waals surface area (Å²) in [6, 6.07) is 15.6. The Morgan fingerprint density at radius 1 is 0.812 bits per heavy atom. The second kappa shape index (κ2) is 7.79. The minimum atomic E-state index is -4.51. The zero-order valence-electron chi connectivity index (χ0n) is 17.7. The maximum Gasteiger partial charge on any atom is 0.417 e. The maximum atomic E-state index is 13.8. The predicted molar refractivity (Wildman–Crippen MR) is 117 cm³/mol. The van der Waals surface area contributed by atoms with Crippen molar-refractivity contribution in [2.75, 3.05) is 0 Å². The number of pyridine rings is 1. The lowest BCUT2D eigenvalue weighted by Crippen LogP contribution is -2.09. The van der Waals surface area contributed by atoms with Crippen molar-refractivity contribution in [2.24, 2.45) is 0 Å². The number of fused-ring (bicyclic) bond motifs is 1. The second-order valence-corrected chi connectivity index (χ2v) is 7.84. The lowest BCUT2D eigenvalue weighted by atomic mass is 9.94. The Morgan fingerprint density at radius 2 is 1.44 bits per heavy atom. The molecule has 6 heteroatoms. The summed E-state index contributed by atoms with van der Waals surface area (Å²) >= 11 is 0. The van der Waals surface area contributed by atoms with E-state index in [1.807, 2.05) is 0 Å². The van der Waals surface area contributed by atoms with Gasteiger partial charge in [-0.3, -0.25) is 9.59 Å². The quantitative estimate of drug-likeness (QED) is 0.336. The number of nitrogens with zero attached hydrogens (tertiary/aromatic N) is 1. The van der Waals surface area contributed by atoms with Crippen LogP contribution in [0, 0.1) is 13.8 Å². The zero-order chi connectivity index (χ0) is 23.2. The fourth-order valence-corrected chi connectivity index (χ4v) is 3.83. The second-order valence-electron chi connectivity index (χ2n) is 7.84. The van der Waals surface area contributed by atoms with E-state index in [2.05, 4.69) is 0 Å². The fourth-order valence-electron chi connectivity index (χ4n) is 3.83. The number of Topliss-reactive ketones (excluding diaryl/α,β-unsaturated/α-hetero) is 1. The van der Waals surface area contributed by atoms with Crippen LogP contribution in [0.3, 0.4) is 0 Å². The molecule has 4 aromatic rings. The van der Waals surface area contributed by atoms with E-state index in [1.54, 1.807) is 79.0 Å². The number of ketones is 2. The van der Waals surface area contributed by atoms with E-state index in [0.717, 1.165) is 5.56 Å². The first kappa shape index (κ1) is 21.6. The normalized spacial score (nSPS) is 11.7. The fraction of sp³-hybridized carbons (Fsp3) is 0.154. The van der Waals surface area contributed by atoms with Gasteiger partial charge in [0.2, 0.25) is 5.78 Å². The van der Waals surface area contributed by atoms with Gasteiger partial charge in [-0.1, -0.05) is 36.4 Å². The molecule has 0 aliphatic heterocycles. The Bertz CT molecular complexity index is 1360. The van der Waals surface area contributed by atoms with Crippen LogP contribution in [0.15, 0.2) is 66.9 Å². The van der Waals surface area contributed by atoms with Gasteiger partial charge in [-0.05, 0) is 61.7 Å². The molecule has 2 aromatic heterocycles. The first-order valence-corrected chi connectivity index (χ1v) is 10.0. The molecule has 3 nitrogen and oxygen atoms in total. The number of carbonyl (C=O) groups excluding carboxylic acids is 2. The first-order chi connectivity index (χ1) is 15.1. The Balaban J connectivity index is 1.86. The molecule has 0 saturated carbocycles. The molecule has 32 heavy (non-hydrogen) atoms. The minimum absolute atomic E-state index is 0.0779. The van der Waals surface area contributed by atoms with Gasteiger partial charge in [0, 0.05) is 22.9 Å². The monoisotopic (exact) mass is 435 g/mol. The van der Waals surface area contributed by atoms with Crippen molar-refractivity contribution in [3.8, 4) is 11.1 Å². The van der Waals surface area contributed by atoms with Gasteiger partial charge in [0.25, 0.3) is 0 Å². The number of halogens is 3. The van der Waals surface area contributed by atoms with Crippen LogP contribution in [0.2, 0.25) is 0 Å². The topological polar surface area (TPSA) is 38.5 Å². The lowest BCUT2D eigenvalue weighted by molar-refractivity contribution is -0.137. The van der Waals surface area contributed by atoms with Crippen LogP contribution in [0.1, 0.15) is 50.0 Å². The number of benzene rings is 2. The van der Waals surface area contributed by atoms with Crippen LogP contribution in [-0.2, 0) is 6.18 Å². The van der Waals surface area contributed by atoms with Gasteiger partial charge in [-0.2, -0.15) is 13.2 Å². The average Bonchev–Trinajstić information content (AvgIpc) is 3.18. The predicted octanol–water partition coefficient (Wildman–Crippen LogP) is 6.68. The molecule has 0 atom stereocenters. The summed E-state index contributed by atoms with van der Waals surface area (Å²) in [4.78, 5) is 24.6. The molecule has 0 N–H and O–H groups in total. The molecule has 2 aromatic carbocycles. The molecule has 162 valence electrons. The van der Waals surface area contributed by atoms with Crippen LogP contribution < -0.4 is 0 Å². The van der Waals surface area contributed by atoms with E-state index in [-0.39, 0.29) is 17.1 Å². The summed E-state index contributed by atoms with van der Waals surface area (Å²) in [5.74, 6) is -0.385. The van der Waals surface area contributed by atoms with E-state index < -0.39 is 11.7 Å². The highest BCUT2D eigenvalue weighted by molar-refractivity contribution is 6.09. The molecule has 2 heterocycles. The molecular formula is C26H20F3NO2. The molecule has 4 rings (SSSR count). The first-order valence-electron chi connectivity index (χ1n) is 10.0. The number of aryl methyl sites for hydroxylation is 2. The number of alkyl halides is 3. The number of aromatic nitrogens is 1. The van der Waals surface area contributed by atoms with E-state index >= 15 is 0 Å².